The summed E-state index contributed by atoms with van der Waals surface area (Å²) in [5.41, 5.74) is 9.55. The second-order valence-corrected chi connectivity index (χ2v) is 15.4. The summed E-state index contributed by atoms with van der Waals surface area (Å²) in [6, 6.07) is 19.4. The molecule has 0 saturated heterocycles. The van der Waals surface area contributed by atoms with Crippen LogP contribution in [0.2, 0.25) is 0 Å². The molecule has 0 spiro atoms. The lowest BCUT2D eigenvalue weighted by Gasteiger charge is -2.31. The number of methoxy groups -OCH3 is 1. The Balaban J connectivity index is 0.00000248. The van der Waals surface area contributed by atoms with E-state index in [1.165, 1.54) is 17.7 Å². The van der Waals surface area contributed by atoms with Crippen molar-refractivity contribution < 1.29 is 9.53 Å². The fraction of sp³-hybridized carbons (Fsp3) is 0.308. The third-order valence-electron chi connectivity index (χ3n) is 10.5. The monoisotopic (exact) mass is 927 g/mol. The number of carbonyl (C=O) groups is 1. The van der Waals surface area contributed by atoms with E-state index in [2.05, 4.69) is 215 Å². The summed E-state index contributed by atoms with van der Waals surface area (Å²) >= 11 is 0. The number of ketones is 1. The highest BCUT2D eigenvalue weighted by Gasteiger charge is 2.19. The molecule has 0 N–H and O–H groups in total. The summed E-state index contributed by atoms with van der Waals surface area (Å²) in [5, 5.41) is 0. The zero-order valence-corrected chi connectivity index (χ0v) is 44.5. The molecule has 69 heavy (non-hydrogen) atoms. The van der Waals surface area contributed by atoms with E-state index in [0.717, 1.165) is 52.2 Å². The van der Waals surface area contributed by atoms with E-state index >= 15 is 0 Å². The molecule has 2 aromatic carbocycles. The van der Waals surface area contributed by atoms with Gasteiger partial charge in [-0.25, -0.2) is 0 Å². The smallest absolute Gasteiger partial charge is 0.163 e. The molecule has 0 aliphatic heterocycles. The first kappa shape index (κ1) is 60.4. The number of para-hydroxylation sites is 1. The number of allylic oxidation sites excluding steroid dienone is 24. The van der Waals surface area contributed by atoms with Crippen molar-refractivity contribution >= 4 is 22.7 Å². The molecule has 0 amide bonds. The van der Waals surface area contributed by atoms with Gasteiger partial charge in [0.25, 0.3) is 0 Å². The third-order valence-corrected chi connectivity index (χ3v) is 10.5. The molecule has 0 heterocycles. The second kappa shape index (κ2) is 37.3. The Labute approximate surface area is 421 Å². The molecule has 368 valence electrons. The van der Waals surface area contributed by atoms with E-state index in [0.29, 0.717) is 25.0 Å². The topological polar surface area (TPSA) is 32.8 Å². The Hall–Kier alpha value is -6.65. The predicted molar refractivity (Wildman–Crippen MR) is 308 cm³/mol. The van der Waals surface area contributed by atoms with Crippen molar-refractivity contribution in [3.8, 4) is 0 Å². The minimum atomic E-state index is 0.0985. The van der Waals surface area contributed by atoms with Gasteiger partial charge in [0, 0.05) is 47.2 Å². The lowest BCUT2D eigenvalue weighted by Crippen LogP contribution is -2.30. The Morgan fingerprint density at radius 1 is 0.855 bits per heavy atom. The minimum Gasteiger partial charge on any atom is -0.501 e. The lowest BCUT2D eigenvalue weighted by molar-refractivity contribution is -0.115. The van der Waals surface area contributed by atoms with Gasteiger partial charge in [0.1, 0.15) is 0 Å². The molecule has 0 fully saturated rings. The average molecular weight is 927 g/mol. The van der Waals surface area contributed by atoms with Gasteiger partial charge in [-0.3, -0.25) is 4.79 Å². The fourth-order valence-electron chi connectivity index (χ4n) is 7.12. The largest absolute Gasteiger partial charge is 0.501 e. The summed E-state index contributed by atoms with van der Waals surface area (Å²) < 4.78 is 5.37. The SMILES string of the molecule is C=C\C(=C/C=C(C)/C(/C=C\CCC(=O)C1=CC=C(c2ccc(N(C3=CCC=CC=C3)[C@@H](C)/C=C\C=C/C)cc2)CC=C1)=C/CC(=C)OC)N(c1ccccc1)C1C=CC=C1.CC.CC.CC.CCC. The summed E-state index contributed by atoms with van der Waals surface area (Å²) in [5.74, 6) is 0.808. The molecular weight excluding hydrogens is 841 g/mol. The number of anilines is 2. The molecule has 0 bridgehead atoms. The van der Waals surface area contributed by atoms with Crippen LogP contribution in [0.1, 0.15) is 120 Å². The van der Waals surface area contributed by atoms with Crippen LogP contribution in [-0.2, 0) is 9.53 Å². The highest BCUT2D eigenvalue weighted by molar-refractivity contribution is 5.99. The highest BCUT2D eigenvalue weighted by Crippen LogP contribution is 2.30. The standard InChI is InChI=1S/C56H60N2O2.C3H8.3C2H6/c1-7-9-13-23-45(4)57(52-27-14-10-11-15-28-52)55-42-39-49(40-43-55)48-25-22-26-50(38-37-48)56(59)33-21-18-24-47(36-35-46(5)60-6)44(3)34-41-51(8-2)58(54-31-19-20-32-54)53-29-16-12-17-30-53;1-3-2;3*1-2/h7-14,16-20,22-24,26-32,34,36-43,45,54H,2,5,15,21,25,33,35H2,1,3-4,6H3;3H2,1-2H3;3*1-2H3/b9-7-,23-13-,24-18-,44-34+,47-36+,51-41+;;;;/t45-;;;;/m0..../s1. The molecule has 4 nitrogen and oxygen atoms in total. The number of Topliss-reactive ketones (excluding diaryl/α,β-unsaturated/α-hetero) is 1. The van der Waals surface area contributed by atoms with Crippen LogP contribution in [0.3, 0.4) is 0 Å². The maximum absolute atomic E-state index is 13.5. The van der Waals surface area contributed by atoms with Crippen molar-refractivity contribution in [3.05, 3.63) is 247 Å². The van der Waals surface area contributed by atoms with E-state index in [4.69, 9.17) is 4.74 Å². The fourth-order valence-corrected chi connectivity index (χ4v) is 7.12. The lowest BCUT2D eigenvalue weighted by atomic mass is 10.0. The van der Waals surface area contributed by atoms with Crippen LogP contribution < -0.4 is 9.80 Å². The molecular formula is C65H86N2O2. The van der Waals surface area contributed by atoms with Gasteiger partial charge >= 0.3 is 0 Å². The molecule has 0 radical (unpaired) electrons. The zero-order chi connectivity index (χ0) is 51.2. The van der Waals surface area contributed by atoms with Gasteiger partial charge in [0.05, 0.1) is 18.9 Å². The Morgan fingerprint density at radius 3 is 2.17 bits per heavy atom. The van der Waals surface area contributed by atoms with Crippen molar-refractivity contribution in [2.24, 2.45) is 0 Å². The van der Waals surface area contributed by atoms with Gasteiger partial charge in [-0.1, -0.05) is 227 Å². The van der Waals surface area contributed by atoms with Crippen molar-refractivity contribution in [2.75, 3.05) is 16.9 Å². The van der Waals surface area contributed by atoms with E-state index in [1.807, 2.05) is 78.8 Å². The molecule has 0 saturated carbocycles. The quantitative estimate of drug-likeness (QED) is 0.0978. The number of hydrogen-bond donors (Lipinski definition) is 0. The third kappa shape index (κ3) is 21.5. The first-order chi connectivity index (χ1) is 33.7. The maximum atomic E-state index is 13.5. The van der Waals surface area contributed by atoms with Crippen LogP contribution in [0.5, 0.6) is 0 Å². The van der Waals surface area contributed by atoms with Gasteiger partial charge in [-0.15, -0.1) is 0 Å². The van der Waals surface area contributed by atoms with Gasteiger partial charge < -0.3 is 14.5 Å². The average Bonchev–Trinajstić information content (AvgIpc) is 3.62. The predicted octanol–water partition coefficient (Wildman–Crippen LogP) is 18.6. The number of benzene rings is 2. The first-order valence-electron chi connectivity index (χ1n) is 25.4. The van der Waals surface area contributed by atoms with Gasteiger partial charge in [-0.2, -0.15) is 0 Å². The molecule has 3 aliphatic rings. The molecule has 0 unspecified atom stereocenters. The summed E-state index contributed by atoms with van der Waals surface area (Å²) in [6.45, 7) is 30.8. The number of hydrogen-bond acceptors (Lipinski definition) is 4. The number of rotatable bonds is 20. The summed E-state index contributed by atoms with van der Waals surface area (Å²) in [7, 11) is 1.64. The molecule has 1 atom stereocenters. The maximum Gasteiger partial charge on any atom is 0.163 e. The highest BCUT2D eigenvalue weighted by atomic mass is 16.5. The van der Waals surface area contributed by atoms with E-state index < -0.39 is 0 Å². The molecule has 3 aliphatic carbocycles. The van der Waals surface area contributed by atoms with Gasteiger partial charge in [0.15, 0.2) is 5.78 Å². The summed E-state index contributed by atoms with van der Waals surface area (Å²) in [6.07, 6.45) is 52.8. The van der Waals surface area contributed by atoms with Gasteiger partial charge in [-0.05, 0) is 105 Å². The van der Waals surface area contributed by atoms with E-state index in [9.17, 15) is 4.79 Å². The van der Waals surface area contributed by atoms with E-state index in [-0.39, 0.29) is 17.9 Å². The number of carbonyl (C=O) groups excluding carboxylic acids is 1. The van der Waals surface area contributed by atoms with Crippen molar-refractivity contribution in [1.29, 1.82) is 0 Å². The van der Waals surface area contributed by atoms with Crippen LogP contribution >= 0.6 is 0 Å². The van der Waals surface area contributed by atoms with Crippen LogP contribution in [-0.4, -0.2) is 25.0 Å². The minimum absolute atomic E-state index is 0.0985. The Kier molecular flexibility index (Phi) is 32.7. The van der Waals surface area contributed by atoms with Crippen LogP contribution in [0.4, 0.5) is 11.4 Å². The normalized spacial score (nSPS) is 14.9. The molecule has 4 heteroatoms. The van der Waals surface area contributed by atoms with Crippen molar-refractivity contribution in [3.63, 3.8) is 0 Å². The Morgan fingerprint density at radius 2 is 1.54 bits per heavy atom. The first-order valence-corrected chi connectivity index (χ1v) is 25.4. The zero-order valence-electron chi connectivity index (χ0n) is 44.5. The number of ether oxygens (including phenoxy) is 1. The molecule has 0 aromatic heterocycles. The van der Waals surface area contributed by atoms with Crippen LogP contribution in [0, 0.1) is 0 Å². The van der Waals surface area contributed by atoms with E-state index in [1.54, 1.807) is 7.11 Å². The summed E-state index contributed by atoms with van der Waals surface area (Å²) in [4.78, 5) is 18.1. The van der Waals surface area contributed by atoms with Crippen molar-refractivity contribution in [1.82, 2.24) is 0 Å². The second-order valence-electron chi connectivity index (χ2n) is 15.4. The van der Waals surface area contributed by atoms with Crippen molar-refractivity contribution in [2.45, 2.75) is 127 Å². The number of nitrogens with zero attached hydrogens (tertiary/aromatic N) is 2. The van der Waals surface area contributed by atoms with Crippen LogP contribution in [0.25, 0.3) is 5.57 Å². The Bertz CT molecular complexity index is 2260. The molecule has 5 rings (SSSR count). The molecule has 2 aromatic rings. The van der Waals surface area contributed by atoms with Crippen LogP contribution in [0.15, 0.2) is 241 Å². The van der Waals surface area contributed by atoms with Gasteiger partial charge in [0.2, 0.25) is 0 Å².